The third-order valence-corrected chi connectivity index (χ3v) is 3.39. The highest BCUT2D eigenvalue weighted by Gasteiger charge is 2.18. The lowest BCUT2D eigenvalue weighted by molar-refractivity contribution is -0.127. The maximum absolute atomic E-state index is 11.4. The van der Waals surface area contributed by atoms with Crippen molar-refractivity contribution in [3.63, 3.8) is 0 Å². The lowest BCUT2D eigenvalue weighted by Gasteiger charge is -2.17. The topological polar surface area (TPSA) is 44.4 Å². The third kappa shape index (κ3) is 4.21. The number of nitrogens with zero attached hydrogens (tertiary/aromatic N) is 1. The fourth-order valence-electron chi connectivity index (χ4n) is 2.06. The van der Waals surface area contributed by atoms with Crippen LogP contribution in [0.25, 0.3) is 0 Å². The van der Waals surface area contributed by atoms with Crippen molar-refractivity contribution >= 4 is 28.9 Å². The van der Waals surface area contributed by atoms with Gasteiger partial charge in [-0.05, 0) is 37.7 Å². The molecule has 4 nitrogen and oxygen atoms in total. The van der Waals surface area contributed by atoms with Crippen LogP contribution in [-0.2, 0) is 4.79 Å². The highest BCUT2D eigenvalue weighted by atomic mass is 32.1. The van der Waals surface area contributed by atoms with E-state index in [1.807, 2.05) is 36.1 Å². The standard InChI is InChI=1S/C14H19N3OS/c1-11-4-6-12(7-5-11)16-14(19)15-8-10-17-9-2-3-13(17)18/h4-7H,2-3,8-10H2,1H3,(H2,15,16,19). The third-order valence-electron chi connectivity index (χ3n) is 3.15. The van der Waals surface area contributed by atoms with Crippen molar-refractivity contribution in [2.45, 2.75) is 19.8 Å². The van der Waals surface area contributed by atoms with Gasteiger partial charge in [-0.2, -0.15) is 0 Å². The molecule has 5 heteroatoms. The number of carbonyl (C=O) groups is 1. The monoisotopic (exact) mass is 277 g/mol. The van der Waals surface area contributed by atoms with Gasteiger partial charge >= 0.3 is 0 Å². The second-order valence-corrected chi connectivity index (χ2v) is 5.14. The van der Waals surface area contributed by atoms with E-state index in [4.69, 9.17) is 12.2 Å². The summed E-state index contributed by atoms with van der Waals surface area (Å²) in [6.07, 6.45) is 1.66. The Balaban J connectivity index is 1.69. The number of nitrogens with one attached hydrogen (secondary N) is 2. The summed E-state index contributed by atoms with van der Waals surface area (Å²) >= 11 is 5.21. The summed E-state index contributed by atoms with van der Waals surface area (Å²) in [5.41, 5.74) is 2.19. The Morgan fingerprint density at radius 3 is 2.74 bits per heavy atom. The Morgan fingerprint density at radius 2 is 2.11 bits per heavy atom. The molecule has 1 aliphatic rings. The van der Waals surface area contributed by atoms with E-state index in [0.717, 1.165) is 18.7 Å². The van der Waals surface area contributed by atoms with Gasteiger partial charge < -0.3 is 15.5 Å². The average Bonchev–Trinajstić information content (AvgIpc) is 2.78. The number of hydrogen-bond acceptors (Lipinski definition) is 2. The van der Waals surface area contributed by atoms with Gasteiger partial charge in [-0.3, -0.25) is 4.79 Å². The van der Waals surface area contributed by atoms with Crippen molar-refractivity contribution in [1.29, 1.82) is 0 Å². The summed E-state index contributed by atoms with van der Waals surface area (Å²) in [6, 6.07) is 8.06. The average molecular weight is 277 g/mol. The summed E-state index contributed by atoms with van der Waals surface area (Å²) in [7, 11) is 0. The first kappa shape index (κ1) is 13.8. The second kappa shape index (κ2) is 6.52. The molecule has 0 bridgehead atoms. The molecule has 0 unspecified atom stereocenters. The minimum absolute atomic E-state index is 0.249. The summed E-state index contributed by atoms with van der Waals surface area (Å²) in [4.78, 5) is 13.3. The number of thiocarbonyl (C=S) groups is 1. The molecule has 1 aromatic carbocycles. The van der Waals surface area contributed by atoms with Crippen molar-refractivity contribution in [3.8, 4) is 0 Å². The predicted molar refractivity (Wildman–Crippen MR) is 81.2 cm³/mol. The summed E-state index contributed by atoms with van der Waals surface area (Å²) in [5.74, 6) is 0.249. The van der Waals surface area contributed by atoms with Crippen molar-refractivity contribution < 1.29 is 4.79 Å². The van der Waals surface area contributed by atoms with Gasteiger partial charge in [-0.15, -0.1) is 0 Å². The molecule has 1 aliphatic heterocycles. The minimum atomic E-state index is 0.249. The van der Waals surface area contributed by atoms with E-state index < -0.39 is 0 Å². The van der Waals surface area contributed by atoms with Crippen molar-refractivity contribution in [3.05, 3.63) is 29.8 Å². The molecule has 0 aromatic heterocycles. The first-order chi connectivity index (χ1) is 9.15. The molecule has 0 aliphatic carbocycles. The molecular weight excluding hydrogens is 258 g/mol. The Kier molecular flexibility index (Phi) is 4.74. The summed E-state index contributed by atoms with van der Waals surface area (Å²) < 4.78 is 0. The van der Waals surface area contributed by atoms with E-state index in [9.17, 15) is 4.79 Å². The van der Waals surface area contributed by atoms with Crippen LogP contribution >= 0.6 is 12.2 Å². The van der Waals surface area contributed by atoms with E-state index in [0.29, 0.717) is 24.6 Å². The van der Waals surface area contributed by atoms with Crippen molar-refractivity contribution in [2.75, 3.05) is 25.0 Å². The highest BCUT2D eigenvalue weighted by molar-refractivity contribution is 7.80. The molecule has 0 spiro atoms. The SMILES string of the molecule is Cc1ccc(NC(=S)NCCN2CCCC2=O)cc1. The predicted octanol–water partition coefficient (Wildman–Crippen LogP) is 1.90. The number of amides is 1. The molecule has 0 atom stereocenters. The Bertz CT molecular complexity index is 458. The molecule has 2 N–H and O–H groups in total. The molecule has 1 aromatic rings. The van der Waals surface area contributed by atoms with Crippen LogP contribution in [0.1, 0.15) is 18.4 Å². The molecule has 1 fully saturated rings. The van der Waals surface area contributed by atoms with Gasteiger partial charge in [-0.1, -0.05) is 17.7 Å². The number of carbonyl (C=O) groups excluding carboxylic acids is 1. The molecule has 0 radical (unpaired) electrons. The lowest BCUT2D eigenvalue weighted by atomic mass is 10.2. The van der Waals surface area contributed by atoms with Crippen molar-refractivity contribution in [1.82, 2.24) is 10.2 Å². The van der Waals surface area contributed by atoms with E-state index in [2.05, 4.69) is 10.6 Å². The molecule has 2 rings (SSSR count). The molecule has 1 amide bonds. The van der Waals surface area contributed by atoms with Gasteiger partial charge in [0.15, 0.2) is 5.11 Å². The van der Waals surface area contributed by atoms with Crippen LogP contribution in [0.15, 0.2) is 24.3 Å². The normalized spacial score (nSPS) is 14.6. The maximum atomic E-state index is 11.4. The summed E-state index contributed by atoms with van der Waals surface area (Å²) in [5, 5.41) is 6.84. The number of rotatable bonds is 4. The maximum Gasteiger partial charge on any atom is 0.222 e. The molecule has 0 saturated carbocycles. The first-order valence-corrected chi connectivity index (χ1v) is 6.95. The molecular formula is C14H19N3OS. The molecule has 19 heavy (non-hydrogen) atoms. The van der Waals surface area contributed by atoms with Crippen LogP contribution in [-0.4, -0.2) is 35.6 Å². The number of anilines is 1. The zero-order chi connectivity index (χ0) is 13.7. The van der Waals surface area contributed by atoms with Gasteiger partial charge in [0.1, 0.15) is 0 Å². The van der Waals surface area contributed by atoms with E-state index in [1.165, 1.54) is 5.56 Å². The van der Waals surface area contributed by atoms with Crippen LogP contribution in [0.2, 0.25) is 0 Å². The van der Waals surface area contributed by atoms with E-state index >= 15 is 0 Å². The number of hydrogen-bond donors (Lipinski definition) is 2. The minimum Gasteiger partial charge on any atom is -0.361 e. The van der Waals surface area contributed by atoms with Gasteiger partial charge in [0.2, 0.25) is 5.91 Å². The van der Waals surface area contributed by atoms with Crippen LogP contribution in [0.5, 0.6) is 0 Å². The Labute approximate surface area is 119 Å². The Hall–Kier alpha value is -1.62. The smallest absolute Gasteiger partial charge is 0.222 e. The fraction of sp³-hybridized carbons (Fsp3) is 0.429. The molecule has 102 valence electrons. The Morgan fingerprint density at radius 1 is 1.37 bits per heavy atom. The van der Waals surface area contributed by atoms with Gasteiger partial charge in [0, 0.05) is 31.7 Å². The second-order valence-electron chi connectivity index (χ2n) is 4.73. The molecule has 1 saturated heterocycles. The summed E-state index contributed by atoms with van der Waals surface area (Å²) in [6.45, 7) is 4.32. The lowest BCUT2D eigenvalue weighted by Crippen LogP contribution is -2.37. The van der Waals surface area contributed by atoms with Gasteiger partial charge in [0.25, 0.3) is 0 Å². The van der Waals surface area contributed by atoms with Crippen molar-refractivity contribution in [2.24, 2.45) is 0 Å². The zero-order valence-electron chi connectivity index (χ0n) is 11.1. The van der Waals surface area contributed by atoms with Crippen LogP contribution in [0.3, 0.4) is 0 Å². The van der Waals surface area contributed by atoms with Crippen LogP contribution in [0.4, 0.5) is 5.69 Å². The van der Waals surface area contributed by atoms with Crippen LogP contribution < -0.4 is 10.6 Å². The zero-order valence-corrected chi connectivity index (χ0v) is 11.9. The number of likely N-dealkylation sites (tertiary alicyclic amines) is 1. The number of benzene rings is 1. The number of aryl methyl sites for hydroxylation is 1. The van der Waals surface area contributed by atoms with Gasteiger partial charge in [-0.25, -0.2) is 0 Å². The molecule has 1 heterocycles. The first-order valence-electron chi connectivity index (χ1n) is 6.54. The quantitative estimate of drug-likeness (QED) is 0.825. The van der Waals surface area contributed by atoms with Gasteiger partial charge in [0.05, 0.1) is 0 Å². The van der Waals surface area contributed by atoms with E-state index in [-0.39, 0.29) is 5.91 Å². The highest BCUT2D eigenvalue weighted by Crippen LogP contribution is 2.09. The fourth-order valence-corrected chi connectivity index (χ4v) is 2.28. The largest absolute Gasteiger partial charge is 0.361 e. The van der Waals surface area contributed by atoms with Crippen LogP contribution in [0, 0.1) is 6.92 Å². The van der Waals surface area contributed by atoms with E-state index in [1.54, 1.807) is 0 Å².